The first kappa shape index (κ1) is 15.0. The lowest BCUT2D eigenvalue weighted by Gasteiger charge is -2.15. The van der Waals surface area contributed by atoms with Crippen LogP contribution in [0, 0.1) is 11.6 Å². The van der Waals surface area contributed by atoms with Crippen LogP contribution in [0.2, 0.25) is 0 Å². The van der Waals surface area contributed by atoms with Crippen LogP contribution in [0.25, 0.3) is 0 Å². The molecule has 1 aromatic carbocycles. The molecule has 3 N–H and O–H groups in total. The third-order valence-electron chi connectivity index (χ3n) is 3.65. The molecular weight excluding hydrogens is 310 g/mol. The standard InChI is InChI=1S/C15H16F2N2S2/c16-11-3-1-2-9(15(11)17)6-12(19-18)14-7-10-8-20-5-4-13(10)21-14/h1-3,7,12,19H,4-6,8,18H2. The molecule has 0 saturated carbocycles. The summed E-state index contributed by atoms with van der Waals surface area (Å²) in [6, 6.07) is 6.21. The molecule has 0 fully saturated rings. The first-order chi connectivity index (χ1) is 10.2. The van der Waals surface area contributed by atoms with Gasteiger partial charge in [-0.2, -0.15) is 11.8 Å². The van der Waals surface area contributed by atoms with Gasteiger partial charge in [-0.3, -0.25) is 11.3 Å². The summed E-state index contributed by atoms with van der Waals surface area (Å²) in [4.78, 5) is 2.48. The van der Waals surface area contributed by atoms with E-state index in [1.165, 1.54) is 16.5 Å². The zero-order valence-electron chi connectivity index (χ0n) is 11.4. The Labute approximate surface area is 130 Å². The first-order valence-corrected chi connectivity index (χ1v) is 8.74. The number of aryl methyl sites for hydroxylation is 1. The molecular formula is C15H16F2N2S2. The van der Waals surface area contributed by atoms with Gasteiger partial charge < -0.3 is 0 Å². The fourth-order valence-electron chi connectivity index (χ4n) is 2.51. The number of hydrazine groups is 1. The maximum absolute atomic E-state index is 13.8. The number of hydrogen-bond donors (Lipinski definition) is 2. The van der Waals surface area contributed by atoms with E-state index in [0.29, 0.717) is 12.0 Å². The number of nitrogens with one attached hydrogen (secondary N) is 1. The summed E-state index contributed by atoms with van der Waals surface area (Å²) in [7, 11) is 0. The van der Waals surface area contributed by atoms with Gasteiger partial charge in [-0.05, 0) is 41.9 Å². The van der Waals surface area contributed by atoms with Gasteiger partial charge in [-0.25, -0.2) is 8.78 Å². The second-order valence-corrected chi connectivity index (χ2v) is 7.31. The van der Waals surface area contributed by atoms with Crippen molar-refractivity contribution in [3.63, 3.8) is 0 Å². The molecule has 1 aliphatic rings. The minimum Gasteiger partial charge on any atom is -0.271 e. The van der Waals surface area contributed by atoms with Crippen molar-refractivity contribution in [1.82, 2.24) is 5.43 Å². The van der Waals surface area contributed by atoms with Gasteiger partial charge in [0.25, 0.3) is 0 Å². The number of fused-ring (bicyclic) bond motifs is 1. The van der Waals surface area contributed by atoms with Crippen molar-refractivity contribution in [2.24, 2.45) is 5.84 Å². The van der Waals surface area contributed by atoms with E-state index in [-0.39, 0.29) is 6.04 Å². The molecule has 2 aromatic rings. The molecule has 0 aliphatic carbocycles. The van der Waals surface area contributed by atoms with Crippen LogP contribution in [0.15, 0.2) is 24.3 Å². The average molecular weight is 326 g/mol. The Bertz CT molecular complexity index is 619. The Morgan fingerprint density at radius 2 is 2.19 bits per heavy atom. The van der Waals surface area contributed by atoms with Crippen LogP contribution in [0.4, 0.5) is 8.78 Å². The summed E-state index contributed by atoms with van der Waals surface area (Å²) in [6.45, 7) is 0. The van der Waals surface area contributed by atoms with Gasteiger partial charge in [0.2, 0.25) is 0 Å². The Hall–Kier alpha value is -0.950. The second kappa shape index (κ2) is 6.44. The van der Waals surface area contributed by atoms with Gasteiger partial charge in [0, 0.05) is 15.5 Å². The summed E-state index contributed by atoms with van der Waals surface area (Å²) < 4.78 is 27.1. The molecule has 0 bridgehead atoms. The number of halogens is 2. The molecule has 21 heavy (non-hydrogen) atoms. The third kappa shape index (κ3) is 3.13. The summed E-state index contributed by atoms with van der Waals surface area (Å²) >= 11 is 3.65. The van der Waals surface area contributed by atoms with Crippen molar-refractivity contribution in [3.8, 4) is 0 Å². The lowest BCUT2D eigenvalue weighted by atomic mass is 10.0. The van der Waals surface area contributed by atoms with Crippen molar-refractivity contribution in [3.05, 3.63) is 56.8 Å². The van der Waals surface area contributed by atoms with E-state index in [1.54, 1.807) is 17.4 Å². The highest BCUT2D eigenvalue weighted by atomic mass is 32.2. The zero-order valence-corrected chi connectivity index (χ0v) is 13.0. The average Bonchev–Trinajstić information content (AvgIpc) is 2.92. The molecule has 1 unspecified atom stereocenters. The molecule has 2 heterocycles. The number of thioether (sulfide) groups is 1. The highest BCUT2D eigenvalue weighted by Gasteiger charge is 2.20. The van der Waals surface area contributed by atoms with Crippen LogP contribution in [0.1, 0.15) is 26.9 Å². The van der Waals surface area contributed by atoms with Crippen molar-refractivity contribution in [2.75, 3.05) is 5.75 Å². The third-order valence-corrected chi connectivity index (χ3v) is 6.01. The predicted octanol–water partition coefficient (Wildman–Crippen LogP) is 3.56. The molecule has 112 valence electrons. The number of rotatable bonds is 4. The largest absolute Gasteiger partial charge is 0.271 e. The van der Waals surface area contributed by atoms with Crippen LogP contribution in [0.5, 0.6) is 0 Å². The van der Waals surface area contributed by atoms with E-state index < -0.39 is 11.6 Å². The van der Waals surface area contributed by atoms with E-state index in [9.17, 15) is 8.78 Å². The SMILES string of the molecule is NNC(Cc1cccc(F)c1F)c1cc2c(s1)CCSC2. The maximum atomic E-state index is 13.8. The topological polar surface area (TPSA) is 38.0 Å². The van der Waals surface area contributed by atoms with Gasteiger partial charge in [0.05, 0.1) is 6.04 Å². The smallest absolute Gasteiger partial charge is 0.162 e. The molecule has 1 aliphatic heterocycles. The predicted molar refractivity (Wildman–Crippen MR) is 84.3 cm³/mol. The molecule has 6 heteroatoms. The number of benzene rings is 1. The van der Waals surface area contributed by atoms with E-state index in [0.717, 1.165) is 28.9 Å². The molecule has 0 amide bonds. The van der Waals surface area contributed by atoms with Crippen LogP contribution in [0.3, 0.4) is 0 Å². The first-order valence-electron chi connectivity index (χ1n) is 6.77. The maximum Gasteiger partial charge on any atom is 0.162 e. The van der Waals surface area contributed by atoms with Gasteiger partial charge in [0.1, 0.15) is 0 Å². The quantitative estimate of drug-likeness (QED) is 0.666. The highest BCUT2D eigenvalue weighted by Crippen LogP contribution is 2.35. The fraction of sp³-hybridized carbons (Fsp3) is 0.333. The minimum absolute atomic E-state index is 0.193. The lowest BCUT2D eigenvalue weighted by Crippen LogP contribution is -2.29. The minimum atomic E-state index is -0.815. The zero-order chi connectivity index (χ0) is 14.8. The van der Waals surface area contributed by atoms with Crippen LogP contribution < -0.4 is 11.3 Å². The van der Waals surface area contributed by atoms with Gasteiger partial charge in [-0.1, -0.05) is 12.1 Å². The molecule has 0 saturated heterocycles. The highest BCUT2D eigenvalue weighted by molar-refractivity contribution is 7.98. The van der Waals surface area contributed by atoms with Crippen molar-refractivity contribution < 1.29 is 8.78 Å². The van der Waals surface area contributed by atoms with Gasteiger partial charge >= 0.3 is 0 Å². The summed E-state index contributed by atoms with van der Waals surface area (Å²) in [5.41, 5.74) is 4.44. The van der Waals surface area contributed by atoms with Crippen LogP contribution in [-0.2, 0) is 18.6 Å². The summed E-state index contributed by atoms with van der Waals surface area (Å²) in [5, 5.41) is 0. The number of thiophene rings is 1. The van der Waals surface area contributed by atoms with Crippen molar-refractivity contribution in [1.29, 1.82) is 0 Å². The molecule has 2 nitrogen and oxygen atoms in total. The normalized spacial score (nSPS) is 15.8. The van der Waals surface area contributed by atoms with E-state index in [2.05, 4.69) is 11.5 Å². The Morgan fingerprint density at radius 3 is 2.95 bits per heavy atom. The summed E-state index contributed by atoms with van der Waals surface area (Å²) in [6.07, 6.45) is 1.42. The molecule has 0 radical (unpaired) electrons. The van der Waals surface area contributed by atoms with Crippen molar-refractivity contribution in [2.45, 2.75) is 24.6 Å². The molecule has 0 spiro atoms. The number of nitrogens with two attached hydrogens (primary N) is 1. The van der Waals surface area contributed by atoms with E-state index in [4.69, 9.17) is 5.84 Å². The molecule has 1 atom stereocenters. The van der Waals surface area contributed by atoms with E-state index >= 15 is 0 Å². The fourth-order valence-corrected chi connectivity index (χ4v) is 4.95. The lowest BCUT2D eigenvalue weighted by molar-refractivity contribution is 0.483. The molecule has 1 aromatic heterocycles. The van der Waals surface area contributed by atoms with Crippen molar-refractivity contribution >= 4 is 23.1 Å². The number of hydrogen-bond acceptors (Lipinski definition) is 4. The Balaban J connectivity index is 1.85. The summed E-state index contributed by atoms with van der Waals surface area (Å²) in [5.74, 6) is 6.21. The Kier molecular flexibility index (Phi) is 4.59. The van der Waals surface area contributed by atoms with Crippen LogP contribution >= 0.6 is 23.1 Å². The monoisotopic (exact) mass is 326 g/mol. The second-order valence-electron chi connectivity index (χ2n) is 5.04. The van der Waals surface area contributed by atoms with Gasteiger partial charge in [-0.15, -0.1) is 11.3 Å². The Morgan fingerprint density at radius 1 is 1.33 bits per heavy atom. The van der Waals surface area contributed by atoms with Gasteiger partial charge in [0.15, 0.2) is 11.6 Å². The van der Waals surface area contributed by atoms with E-state index in [1.807, 2.05) is 11.8 Å². The van der Waals surface area contributed by atoms with Crippen LogP contribution in [-0.4, -0.2) is 5.75 Å². The molecule has 3 rings (SSSR count).